The van der Waals surface area contributed by atoms with E-state index >= 15 is 0 Å². The summed E-state index contributed by atoms with van der Waals surface area (Å²) in [6, 6.07) is 0. The van der Waals surface area contributed by atoms with E-state index in [1.54, 1.807) is 7.11 Å². The van der Waals surface area contributed by atoms with E-state index in [1.807, 2.05) is 20.8 Å². The van der Waals surface area contributed by atoms with Gasteiger partial charge in [-0.25, -0.2) is 4.79 Å². The summed E-state index contributed by atoms with van der Waals surface area (Å²) in [5.41, 5.74) is -0.494. The fourth-order valence-electron chi connectivity index (χ4n) is 0.932. The van der Waals surface area contributed by atoms with E-state index in [0.29, 0.717) is 20.4 Å². The highest BCUT2D eigenvalue weighted by Crippen LogP contribution is 2.16. The molecule has 0 aromatic rings. The highest BCUT2D eigenvalue weighted by molar-refractivity contribution is 14.1. The third-order valence-corrected chi connectivity index (χ3v) is 6.03. The average Bonchev–Trinajstić information content (AvgIpc) is 2.13. The van der Waals surface area contributed by atoms with Gasteiger partial charge in [-0.1, -0.05) is 29.2 Å². The molecule has 0 spiro atoms. The van der Waals surface area contributed by atoms with Gasteiger partial charge in [0.05, 0.1) is 12.3 Å². The van der Waals surface area contributed by atoms with Crippen molar-refractivity contribution in [2.75, 3.05) is 11.5 Å². The van der Waals surface area contributed by atoms with E-state index in [4.69, 9.17) is 9.47 Å². The maximum atomic E-state index is 11.6. The van der Waals surface area contributed by atoms with E-state index < -0.39 is 16.9 Å². The van der Waals surface area contributed by atoms with E-state index in [9.17, 15) is 4.79 Å². The van der Waals surface area contributed by atoms with Crippen molar-refractivity contribution >= 4 is 38.9 Å². The first kappa shape index (κ1) is 15.8. The number of alkyl carbamates (subject to hydrolysis) is 1. The van der Waals surface area contributed by atoms with E-state index in [0.717, 1.165) is 0 Å². The zero-order chi connectivity index (χ0) is 13.0. The molecule has 16 heavy (non-hydrogen) atoms. The van der Waals surface area contributed by atoms with Crippen LogP contribution in [0, 0.1) is 0 Å². The van der Waals surface area contributed by atoms with E-state index in [1.165, 1.54) is 0 Å². The molecule has 1 atom stereocenters. The van der Waals surface area contributed by atoms with E-state index in [-0.39, 0.29) is 0 Å². The minimum atomic E-state index is -0.494. The minimum Gasteiger partial charge on any atom is -0.500 e. The number of alkyl halides is 1. The average molecular weight is 357 g/mol. The molecule has 0 radical (unpaired) electrons. The maximum absolute atomic E-state index is 11.6. The molecule has 0 aromatic carbocycles. The standard InChI is InChI=1S/C10H20INO3Si/c1-7(14-5)10(16,6-11)12-8(13)15-9(2,3)4/h1,6H2,2-5,16H3,(H,12,13)/t10-/m1/s1. The fourth-order valence-corrected chi connectivity index (χ4v) is 1.96. The summed E-state index contributed by atoms with van der Waals surface area (Å²) in [7, 11) is 2.26. The van der Waals surface area contributed by atoms with Crippen molar-refractivity contribution in [2.45, 2.75) is 31.5 Å². The number of carbonyl (C=O) groups excluding carboxylic acids is 1. The largest absolute Gasteiger partial charge is 0.500 e. The molecule has 0 aliphatic heterocycles. The van der Waals surface area contributed by atoms with Crippen molar-refractivity contribution in [3.8, 4) is 0 Å². The molecular weight excluding hydrogens is 337 g/mol. The first-order valence-electron chi connectivity index (χ1n) is 4.95. The second kappa shape index (κ2) is 5.90. The van der Waals surface area contributed by atoms with Gasteiger partial charge in [-0.05, 0) is 20.8 Å². The molecule has 0 heterocycles. The number of carbonyl (C=O) groups is 1. The van der Waals surface area contributed by atoms with Gasteiger partial charge in [0.25, 0.3) is 0 Å². The van der Waals surface area contributed by atoms with Crippen molar-refractivity contribution in [1.29, 1.82) is 0 Å². The summed E-state index contributed by atoms with van der Waals surface area (Å²) in [6.07, 6.45) is -0.433. The number of ether oxygens (including phenoxy) is 2. The highest BCUT2D eigenvalue weighted by atomic mass is 127. The molecule has 0 aliphatic carbocycles. The Morgan fingerprint density at radius 3 is 2.31 bits per heavy atom. The van der Waals surface area contributed by atoms with Crippen LogP contribution in [0.15, 0.2) is 12.3 Å². The Balaban J connectivity index is 4.55. The van der Waals surface area contributed by atoms with Crippen molar-refractivity contribution in [1.82, 2.24) is 5.32 Å². The number of nitrogens with one attached hydrogen (secondary N) is 1. The van der Waals surface area contributed by atoms with Crippen LogP contribution >= 0.6 is 22.6 Å². The van der Waals surface area contributed by atoms with Crippen molar-refractivity contribution in [3.63, 3.8) is 0 Å². The fraction of sp³-hybridized carbons (Fsp3) is 0.700. The topological polar surface area (TPSA) is 47.6 Å². The van der Waals surface area contributed by atoms with Gasteiger partial charge in [-0.15, -0.1) is 0 Å². The van der Waals surface area contributed by atoms with Gasteiger partial charge >= 0.3 is 6.09 Å². The quantitative estimate of drug-likeness (QED) is 0.356. The Hall–Kier alpha value is -0.243. The third kappa shape index (κ3) is 5.20. The van der Waals surface area contributed by atoms with Crippen molar-refractivity contribution in [3.05, 3.63) is 12.3 Å². The van der Waals surface area contributed by atoms with Gasteiger partial charge in [0, 0.05) is 14.7 Å². The molecule has 0 aromatic heterocycles. The van der Waals surface area contributed by atoms with Crippen LogP contribution in [0.25, 0.3) is 0 Å². The number of rotatable bonds is 4. The molecule has 0 saturated heterocycles. The van der Waals surface area contributed by atoms with Crippen LogP contribution in [0.5, 0.6) is 0 Å². The van der Waals surface area contributed by atoms with E-state index in [2.05, 4.69) is 34.5 Å². The Labute approximate surface area is 114 Å². The Bertz CT molecular complexity index is 278. The van der Waals surface area contributed by atoms with Crippen LogP contribution in [0.4, 0.5) is 4.79 Å². The lowest BCUT2D eigenvalue weighted by molar-refractivity contribution is 0.0491. The zero-order valence-electron chi connectivity index (χ0n) is 10.5. The SMILES string of the molecule is C=C(OC)[C@]([SiH3])(CI)NC(=O)OC(C)(C)C. The molecular formula is C10H20INO3Si. The predicted molar refractivity (Wildman–Crippen MR) is 77.1 cm³/mol. The lowest BCUT2D eigenvalue weighted by atomic mass is 10.2. The molecule has 0 bridgehead atoms. The molecule has 4 nitrogen and oxygen atoms in total. The first-order valence-corrected chi connectivity index (χ1v) is 7.47. The Kier molecular flexibility index (Phi) is 5.81. The van der Waals surface area contributed by atoms with Gasteiger partial charge in [0.15, 0.2) is 0 Å². The van der Waals surface area contributed by atoms with Crippen LogP contribution in [0.3, 0.4) is 0 Å². The normalized spacial score (nSPS) is 15.1. The van der Waals surface area contributed by atoms with Crippen LogP contribution in [0.1, 0.15) is 20.8 Å². The summed E-state index contributed by atoms with van der Waals surface area (Å²) in [5.74, 6) is 0.569. The molecule has 0 fully saturated rings. The summed E-state index contributed by atoms with van der Waals surface area (Å²) in [6.45, 7) is 9.29. The minimum absolute atomic E-state index is 0.433. The Morgan fingerprint density at radius 1 is 1.50 bits per heavy atom. The van der Waals surface area contributed by atoms with Crippen LogP contribution in [0.2, 0.25) is 0 Å². The molecule has 1 N–H and O–H groups in total. The lowest BCUT2D eigenvalue weighted by Crippen LogP contribution is -2.53. The van der Waals surface area contributed by atoms with Gasteiger partial charge in [0.2, 0.25) is 0 Å². The predicted octanol–water partition coefficient (Wildman–Crippen LogP) is 1.17. The zero-order valence-corrected chi connectivity index (χ0v) is 14.7. The van der Waals surface area contributed by atoms with Crippen LogP contribution in [-0.2, 0) is 9.47 Å². The van der Waals surface area contributed by atoms with Crippen LogP contribution in [-0.4, -0.2) is 38.6 Å². The van der Waals surface area contributed by atoms with Crippen molar-refractivity contribution in [2.24, 2.45) is 0 Å². The lowest BCUT2D eigenvalue weighted by Gasteiger charge is -2.31. The summed E-state index contributed by atoms with van der Waals surface area (Å²) >= 11 is 2.20. The maximum Gasteiger partial charge on any atom is 0.408 e. The molecule has 0 unspecified atom stereocenters. The third-order valence-electron chi connectivity index (χ3n) is 1.91. The highest BCUT2D eigenvalue weighted by Gasteiger charge is 2.31. The molecule has 6 heteroatoms. The van der Waals surface area contributed by atoms with Gasteiger partial charge < -0.3 is 14.8 Å². The second-order valence-corrected chi connectivity index (χ2v) is 7.19. The van der Waals surface area contributed by atoms with Crippen LogP contribution < -0.4 is 5.32 Å². The Morgan fingerprint density at radius 2 is 2.00 bits per heavy atom. The van der Waals surface area contributed by atoms with Gasteiger partial charge in [-0.2, -0.15) is 0 Å². The summed E-state index contributed by atoms with van der Waals surface area (Å²) in [5, 5.41) is 2.34. The molecule has 0 rings (SSSR count). The number of amides is 1. The number of methoxy groups -OCH3 is 1. The first-order chi connectivity index (χ1) is 7.14. The molecule has 0 saturated carbocycles. The van der Waals surface area contributed by atoms with Gasteiger partial charge in [-0.3, -0.25) is 0 Å². The number of hydrogen-bond donors (Lipinski definition) is 1. The molecule has 94 valence electrons. The monoisotopic (exact) mass is 357 g/mol. The molecule has 1 amide bonds. The van der Waals surface area contributed by atoms with Gasteiger partial charge in [0.1, 0.15) is 11.4 Å². The van der Waals surface area contributed by atoms with Crippen molar-refractivity contribution < 1.29 is 14.3 Å². The summed E-state index contributed by atoms with van der Waals surface area (Å²) in [4.78, 5) is 11.6. The smallest absolute Gasteiger partial charge is 0.408 e. The second-order valence-electron chi connectivity index (χ2n) is 4.72. The number of halogens is 1. The molecule has 0 aliphatic rings. The summed E-state index contributed by atoms with van der Waals surface area (Å²) < 4.78 is 11.0. The number of hydrogen-bond acceptors (Lipinski definition) is 3.